The summed E-state index contributed by atoms with van der Waals surface area (Å²) in [5.41, 5.74) is 18.5. The minimum Gasteiger partial charge on any atom is -0.744 e. The van der Waals surface area contributed by atoms with Gasteiger partial charge in [0, 0.05) is 0 Å². The van der Waals surface area contributed by atoms with Gasteiger partial charge in [0.05, 0.1) is 38.2 Å². The van der Waals surface area contributed by atoms with Crippen LogP contribution in [0, 0.1) is 0 Å². The molecule has 0 bridgehead atoms. The van der Waals surface area contributed by atoms with Crippen molar-refractivity contribution in [3.63, 3.8) is 0 Å². The van der Waals surface area contributed by atoms with Crippen molar-refractivity contribution in [3.8, 4) is 0 Å². The number of rotatable bonds is 6. The van der Waals surface area contributed by atoms with Crippen molar-refractivity contribution in [2.75, 3.05) is 17.2 Å². The number of benzene rings is 3. The van der Waals surface area contributed by atoms with Gasteiger partial charge in [-0.05, 0) is 54.6 Å². The van der Waals surface area contributed by atoms with Crippen LogP contribution in [0.5, 0.6) is 0 Å². The molecule has 0 heterocycles. The number of nitrogens with two attached hydrogens (primary N) is 3. The summed E-state index contributed by atoms with van der Waals surface area (Å²) in [6.45, 7) is 0. The minimum atomic E-state index is -4.59. The fourth-order valence-corrected chi connectivity index (χ4v) is 3.46. The van der Waals surface area contributed by atoms with E-state index in [-0.39, 0.29) is 98.9 Å². The smallest absolute Gasteiger partial charge is 0.744 e. The van der Waals surface area contributed by atoms with E-state index in [1.807, 2.05) is 0 Å². The van der Waals surface area contributed by atoms with E-state index in [1.165, 1.54) is 30.3 Å². The summed E-state index contributed by atoms with van der Waals surface area (Å²) in [6.07, 6.45) is 0. The van der Waals surface area contributed by atoms with Gasteiger partial charge in [-0.1, -0.05) is 0 Å². The van der Waals surface area contributed by atoms with E-state index in [4.69, 9.17) is 17.2 Å². The van der Waals surface area contributed by atoms with Gasteiger partial charge in [-0.25, -0.2) is 16.8 Å². The van der Waals surface area contributed by atoms with Crippen LogP contribution in [0.3, 0.4) is 0 Å². The number of anilines is 3. The predicted molar refractivity (Wildman–Crippen MR) is 117 cm³/mol. The van der Waals surface area contributed by atoms with Gasteiger partial charge in [0.2, 0.25) is 0 Å². The SMILES string of the molecule is Nc1cc(N)c(N=Nc2ccc(S(=O)(=O)[O-])cc2)c(N)c1N=Nc1ccc(S(=O)(=O)[O-])cc1.[Na+].[Na+]. The molecule has 3 aromatic rings. The van der Waals surface area contributed by atoms with E-state index in [0.717, 1.165) is 24.3 Å². The van der Waals surface area contributed by atoms with Gasteiger partial charge >= 0.3 is 59.1 Å². The molecule has 0 aliphatic heterocycles. The third-order valence-corrected chi connectivity index (χ3v) is 5.85. The Kier molecular flexibility index (Phi) is 11.0. The zero-order chi connectivity index (χ0) is 24.4. The Balaban J connectivity index is 0.00000306. The number of nitrogens with zero attached hydrogens (tertiary/aromatic N) is 4. The normalized spacial score (nSPS) is 11.8. The fourth-order valence-electron chi connectivity index (χ4n) is 2.53. The van der Waals surface area contributed by atoms with E-state index in [9.17, 15) is 25.9 Å². The molecule has 17 heteroatoms. The van der Waals surface area contributed by atoms with E-state index in [1.54, 1.807) is 0 Å². The molecule has 0 amide bonds. The second-order valence-electron chi connectivity index (χ2n) is 6.46. The number of azo groups is 2. The Morgan fingerprint density at radius 3 is 1.17 bits per heavy atom. The van der Waals surface area contributed by atoms with Gasteiger partial charge in [-0.3, -0.25) is 0 Å². The second kappa shape index (κ2) is 12.4. The molecular formula is C18H15N7Na2O6S2. The Morgan fingerprint density at radius 2 is 0.886 bits per heavy atom. The van der Waals surface area contributed by atoms with Crippen LogP contribution in [0.25, 0.3) is 0 Å². The summed E-state index contributed by atoms with van der Waals surface area (Å²) in [6, 6.07) is 10.7. The van der Waals surface area contributed by atoms with Crippen molar-refractivity contribution in [2.45, 2.75) is 9.79 Å². The molecule has 0 spiro atoms. The number of hydrogen-bond acceptors (Lipinski definition) is 13. The third-order valence-electron chi connectivity index (χ3n) is 4.15. The van der Waals surface area contributed by atoms with Crippen molar-refractivity contribution >= 4 is 60.0 Å². The molecule has 13 nitrogen and oxygen atoms in total. The Bertz CT molecular complexity index is 1370. The maximum Gasteiger partial charge on any atom is 1.00 e. The molecule has 0 saturated carbocycles. The van der Waals surface area contributed by atoms with Crippen molar-refractivity contribution in [1.29, 1.82) is 0 Å². The third kappa shape index (κ3) is 8.04. The molecule has 0 aliphatic carbocycles. The first-order valence-corrected chi connectivity index (χ1v) is 11.6. The van der Waals surface area contributed by atoms with Crippen molar-refractivity contribution < 1.29 is 85.1 Å². The molecule has 3 rings (SSSR count). The van der Waals surface area contributed by atoms with E-state index < -0.39 is 30.0 Å². The predicted octanol–water partition coefficient (Wildman–Crippen LogP) is -2.92. The van der Waals surface area contributed by atoms with Crippen molar-refractivity contribution in [1.82, 2.24) is 0 Å². The first-order chi connectivity index (χ1) is 15.4. The monoisotopic (exact) mass is 535 g/mol. The molecule has 0 fully saturated rings. The Labute approximate surface area is 245 Å². The van der Waals surface area contributed by atoms with Crippen LogP contribution in [0.1, 0.15) is 0 Å². The number of nitrogen functional groups attached to an aromatic ring is 3. The van der Waals surface area contributed by atoms with Crippen LogP contribution >= 0.6 is 0 Å². The van der Waals surface area contributed by atoms with E-state index in [0.29, 0.717) is 0 Å². The average Bonchev–Trinajstić information content (AvgIpc) is 2.72. The van der Waals surface area contributed by atoms with Crippen LogP contribution < -0.4 is 76.3 Å². The quantitative estimate of drug-likeness (QED) is 0.126. The first-order valence-electron chi connectivity index (χ1n) is 8.79. The summed E-state index contributed by atoms with van der Waals surface area (Å²) in [4.78, 5) is -0.840. The standard InChI is InChI=1S/C18H17N7O6S2.2Na/c19-14-9-15(20)18(25-23-11-3-7-13(8-4-11)33(29,30)31)16(21)17(14)24-22-10-1-5-12(6-2-10)32(26,27)28;;/h1-9H,19-21H2,(H,26,27,28)(H,29,30,31);;/q;2*+1/p-2. The van der Waals surface area contributed by atoms with Crippen LogP contribution in [0.4, 0.5) is 39.8 Å². The zero-order valence-electron chi connectivity index (χ0n) is 18.5. The molecule has 6 N–H and O–H groups in total. The number of hydrogen-bond donors (Lipinski definition) is 3. The molecule has 3 aromatic carbocycles. The van der Waals surface area contributed by atoms with Crippen LogP contribution in [0.15, 0.2) is 84.8 Å². The van der Waals surface area contributed by atoms with Crippen molar-refractivity contribution in [3.05, 3.63) is 54.6 Å². The summed E-state index contributed by atoms with van der Waals surface area (Å²) >= 11 is 0. The van der Waals surface area contributed by atoms with Crippen LogP contribution in [0.2, 0.25) is 0 Å². The molecule has 0 aliphatic rings. The molecule has 0 unspecified atom stereocenters. The summed E-state index contributed by atoms with van der Waals surface area (Å²) in [5, 5.41) is 15.7. The Hall–Kier alpha value is -1.92. The van der Waals surface area contributed by atoms with Gasteiger partial charge in [0.1, 0.15) is 31.6 Å². The first kappa shape index (κ1) is 31.1. The molecule has 0 radical (unpaired) electrons. The summed E-state index contributed by atoms with van der Waals surface area (Å²) < 4.78 is 66.0. The molecule has 0 atom stereocenters. The Morgan fingerprint density at radius 1 is 0.571 bits per heavy atom. The topological polar surface area (TPSA) is 242 Å². The molecule has 35 heavy (non-hydrogen) atoms. The van der Waals surface area contributed by atoms with Crippen molar-refractivity contribution in [2.24, 2.45) is 20.5 Å². The van der Waals surface area contributed by atoms with Gasteiger partial charge < -0.3 is 26.3 Å². The van der Waals surface area contributed by atoms with E-state index >= 15 is 0 Å². The molecule has 172 valence electrons. The molecular weight excluding hydrogens is 520 g/mol. The van der Waals surface area contributed by atoms with Gasteiger partial charge in [0.25, 0.3) is 0 Å². The van der Waals surface area contributed by atoms with Gasteiger partial charge in [-0.15, -0.1) is 10.2 Å². The fraction of sp³-hybridized carbons (Fsp3) is 0. The average molecular weight is 535 g/mol. The largest absolute Gasteiger partial charge is 1.00 e. The van der Waals surface area contributed by atoms with Gasteiger partial charge in [-0.2, -0.15) is 10.2 Å². The summed E-state index contributed by atoms with van der Waals surface area (Å²) in [5.74, 6) is 0. The minimum absolute atomic E-state index is 0. The zero-order valence-corrected chi connectivity index (χ0v) is 24.1. The second-order valence-corrected chi connectivity index (χ2v) is 9.22. The maximum atomic E-state index is 11.0. The maximum absolute atomic E-state index is 11.0. The van der Waals surface area contributed by atoms with E-state index in [2.05, 4.69) is 20.5 Å². The molecule has 0 saturated heterocycles. The summed E-state index contributed by atoms with van der Waals surface area (Å²) in [7, 11) is -9.19. The van der Waals surface area contributed by atoms with Crippen LogP contribution in [-0.4, -0.2) is 25.9 Å². The van der Waals surface area contributed by atoms with Gasteiger partial charge in [0.15, 0.2) is 0 Å². The molecule has 0 aromatic heterocycles. The van der Waals surface area contributed by atoms with Crippen LogP contribution in [-0.2, 0) is 20.2 Å².